The lowest BCUT2D eigenvalue weighted by Crippen LogP contribution is -2.47. The summed E-state index contributed by atoms with van der Waals surface area (Å²) in [4.78, 5) is 57.2. The molecule has 0 aliphatic carbocycles. The largest absolute Gasteiger partial charge is 0.480 e. The SMILES string of the molecule is O=C(O)CN1CCCN(CC(=O)O)CCN(CC(=O)O)CC(Cc2ccc(N=C=S)cc2)CN(CC(=O)O)CC1. The molecule has 1 aromatic carbocycles. The second-order valence-corrected chi connectivity index (χ2v) is 10.1. The first kappa shape index (κ1) is 32.9. The van der Waals surface area contributed by atoms with E-state index in [1.807, 2.05) is 12.1 Å². The van der Waals surface area contributed by atoms with Crippen LogP contribution in [-0.4, -0.2) is 148 Å². The third-order valence-electron chi connectivity index (χ3n) is 6.52. The van der Waals surface area contributed by atoms with Crippen molar-refractivity contribution in [1.29, 1.82) is 0 Å². The molecular weight excluding hydrogens is 542 g/mol. The van der Waals surface area contributed by atoms with Crippen molar-refractivity contribution in [2.45, 2.75) is 12.8 Å². The van der Waals surface area contributed by atoms with E-state index in [4.69, 9.17) is 0 Å². The molecule has 0 aromatic heterocycles. The third-order valence-corrected chi connectivity index (χ3v) is 6.61. The highest BCUT2D eigenvalue weighted by Gasteiger charge is 2.24. The zero-order valence-corrected chi connectivity index (χ0v) is 23.2. The van der Waals surface area contributed by atoms with Crippen molar-refractivity contribution in [1.82, 2.24) is 19.6 Å². The van der Waals surface area contributed by atoms with Gasteiger partial charge in [-0.25, -0.2) is 0 Å². The Morgan fingerprint density at radius 2 is 1.10 bits per heavy atom. The molecule has 1 aliphatic rings. The molecule has 0 spiro atoms. The number of carboxylic acids is 4. The molecule has 1 fully saturated rings. The van der Waals surface area contributed by atoms with Crippen LogP contribution >= 0.6 is 12.2 Å². The molecule has 4 N–H and O–H groups in total. The van der Waals surface area contributed by atoms with Crippen LogP contribution in [0.25, 0.3) is 0 Å². The molecule has 0 unspecified atom stereocenters. The number of carbonyl (C=O) groups is 4. The summed E-state index contributed by atoms with van der Waals surface area (Å²) in [5.41, 5.74) is 1.59. The Hall–Kier alpha value is -3.26. The summed E-state index contributed by atoms with van der Waals surface area (Å²) >= 11 is 4.65. The second-order valence-electron chi connectivity index (χ2n) is 9.89. The van der Waals surface area contributed by atoms with Crippen molar-refractivity contribution in [2.24, 2.45) is 10.9 Å². The first-order valence-corrected chi connectivity index (χ1v) is 13.4. The highest BCUT2D eigenvalue weighted by atomic mass is 32.1. The van der Waals surface area contributed by atoms with Crippen molar-refractivity contribution in [3.05, 3.63) is 29.8 Å². The topological polar surface area (TPSA) is 175 Å². The van der Waals surface area contributed by atoms with Crippen LogP contribution in [0.15, 0.2) is 29.3 Å². The molecule has 0 atom stereocenters. The highest BCUT2D eigenvalue weighted by molar-refractivity contribution is 7.78. The summed E-state index contributed by atoms with van der Waals surface area (Å²) < 4.78 is 0. The van der Waals surface area contributed by atoms with Gasteiger partial charge in [0.15, 0.2) is 0 Å². The van der Waals surface area contributed by atoms with Gasteiger partial charge in [0.1, 0.15) is 0 Å². The first-order valence-electron chi connectivity index (χ1n) is 13.0. The average Bonchev–Trinajstić information content (AvgIpc) is 2.85. The molecule has 13 nitrogen and oxygen atoms in total. The monoisotopic (exact) mass is 579 g/mol. The Bertz CT molecular complexity index is 1000. The zero-order chi connectivity index (χ0) is 29.5. The summed E-state index contributed by atoms with van der Waals surface area (Å²) in [5.74, 6) is -4.21. The number of aliphatic carboxylic acids is 4. The van der Waals surface area contributed by atoms with Crippen LogP contribution in [0.3, 0.4) is 0 Å². The van der Waals surface area contributed by atoms with Gasteiger partial charge in [0.2, 0.25) is 0 Å². The van der Waals surface area contributed by atoms with Gasteiger partial charge in [0.25, 0.3) is 0 Å². The van der Waals surface area contributed by atoms with Gasteiger partial charge in [-0.3, -0.25) is 38.8 Å². The smallest absolute Gasteiger partial charge is 0.317 e. The molecule has 220 valence electrons. The minimum absolute atomic E-state index is 0.178. The van der Waals surface area contributed by atoms with E-state index < -0.39 is 23.9 Å². The van der Waals surface area contributed by atoms with E-state index in [9.17, 15) is 39.6 Å². The maximum Gasteiger partial charge on any atom is 0.317 e. The maximum atomic E-state index is 11.7. The Morgan fingerprint density at radius 1 is 0.700 bits per heavy atom. The van der Waals surface area contributed by atoms with Crippen LogP contribution in [0, 0.1) is 5.92 Å². The van der Waals surface area contributed by atoms with E-state index in [-0.39, 0.29) is 32.1 Å². The molecule has 14 heteroatoms. The second kappa shape index (κ2) is 17.4. The predicted molar refractivity (Wildman–Crippen MR) is 149 cm³/mol. The van der Waals surface area contributed by atoms with E-state index >= 15 is 0 Å². The fourth-order valence-electron chi connectivity index (χ4n) is 4.87. The molecule has 40 heavy (non-hydrogen) atoms. The number of rotatable bonds is 11. The van der Waals surface area contributed by atoms with Crippen LogP contribution < -0.4 is 0 Å². The quantitative estimate of drug-likeness (QED) is 0.211. The Kier molecular flexibility index (Phi) is 14.4. The lowest BCUT2D eigenvalue weighted by Gasteiger charge is -2.34. The molecular formula is C26H37N5O8S. The minimum Gasteiger partial charge on any atom is -0.480 e. The van der Waals surface area contributed by atoms with Gasteiger partial charge < -0.3 is 20.4 Å². The van der Waals surface area contributed by atoms with Crippen molar-refractivity contribution < 1.29 is 39.6 Å². The third kappa shape index (κ3) is 13.7. The van der Waals surface area contributed by atoms with E-state index in [0.29, 0.717) is 70.9 Å². The van der Waals surface area contributed by atoms with Crippen LogP contribution in [0.5, 0.6) is 0 Å². The summed E-state index contributed by atoms with van der Waals surface area (Å²) in [6.45, 7) is 1.76. The van der Waals surface area contributed by atoms with E-state index in [1.54, 1.807) is 31.7 Å². The normalized spacial score (nSPS) is 17.9. The molecule has 0 bridgehead atoms. The van der Waals surface area contributed by atoms with Gasteiger partial charge in [0.05, 0.1) is 37.0 Å². The van der Waals surface area contributed by atoms with Crippen LogP contribution in [0.4, 0.5) is 5.69 Å². The molecule has 1 aliphatic heterocycles. The Balaban J connectivity index is 2.37. The van der Waals surface area contributed by atoms with Crippen LogP contribution in [-0.2, 0) is 25.6 Å². The number of carboxylic acid groups (broad SMARTS) is 4. The molecule has 1 saturated heterocycles. The lowest BCUT2D eigenvalue weighted by atomic mass is 9.97. The van der Waals surface area contributed by atoms with Crippen LogP contribution in [0.2, 0.25) is 0 Å². The summed E-state index contributed by atoms with van der Waals surface area (Å²) in [6.07, 6.45) is 1.02. The summed E-state index contributed by atoms with van der Waals surface area (Å²) in [5, 5.41) is 40.2. The molecule has 2 rings (SSSR count). The number of hydrogen-bond donors (Lipinski definition) is 4. The Labute approximate surface area is 238 Å². The number of benzene rings is 1. The molecule has 0 saturated carbocycles. The molecule has 1 aromatic rings. The standard InChI is InChI=1S/C26H37N5O8S/c32-23(33)15-28-6-1-7-29(16-24(34)35)9-11-31(18-26(38)39)14-21(13-30(10-8-28)17-25(36)37)12-20-2-4-22(5-3-20)27-19-40/h2-5,21H,1,6-18H2,(H,32,33)(H,34,35)(H,36,37)(H,38,39). The average molecular weight is 580 g/mol. The lowest BCUT2D eigenvalue weighted by molar-refractivity contribution is -0.141. The van der Waals surface area contributed by atoms with Gasteiger partial charge in [-0.15, -0.1) is 0 Å². The van der Waals surface area contributed by atoms with E-state index in [1.165, 1.54) is 0 Å². The molecule has 0 amide bonds. The fraction of sp³-hybridized carbons (Fsp3) is 0.577. The number of aliphatic imine (C=N–C) groups is 1. The number of thiocarbonyl (C=S) groups is 1. The number of isothiocyanates is 1. The van der Waals surface area contributed by atoms with Crippen molar-refractivity contribution in [3.63, 3.8) is 0 Å². The first-order chi connectivity index (χ1) is 19.0. The van der Waals surface area contributed by atoms with Gasteiger partial charge in [-0.05, 0) is 48.7 Å². The van der Waals surface area contributed by atoms with Crippen molar-refractivity contribution >= 4 is 46.9 Å². The van der Waals surface area contributed by atoms with Crippen molar-refractivity contribution in [3.8, 4) is 0 Å². The van der Waals surface area contributed by atoms with Gasteiger partial charge in [0, 0.05) is 52.4 Å². The van der Waals surface area contributed by atoms with Crippen LogP contribution in [0.1, 0.15) is 12.0 Å². The maximum absolute atomic E-state index is 11.7. The van der Waals surface area contributed by atoms with Crippen molar-refractivity contribution in [2.75, 3.05) is 78.5 Å². The van der Waals surface area contributed by atoms with Gasteiger partial charge in [-0.2, -0.15) is 4.99 Å². The van der Waals surface area contributed by atoms with Gasteiger partial charge in [-0.1, -0.05) is 12.1 Å². The summed E-state index contributed by atoms with van der Waals surface area (Å²) in [6, 6.07) is 7.33. The summed E-state index contributed by atoms with van der Waals surface area (Å²) in [7, 11) is 0. The fourth-order valence-corrected chi connectivity index (χ4v) is 4.97. The highest BCUT2D eigenvalue weighted by Crippen LogP contribution is 2.18. The molecule has 0 radical (unpaired) electrons. The molecule has 1 heterocycles. The minimum atomic E-state index is -1.02. The zero-order valence-electron chi connectivity index (χ0n) is 22.4. The van der Waals surface area contributed by atoms with E-state index in [0.717, 1.165) is 5.56 Å². The number of hydrogen-bond acceptors (Lipinski definition) is 10. The Morgan fingerprint density at radius 3 is 1.50 bits per heavy atom. The number of nitrogens with zero attached hydrogens (tertiary/aromatic N) is 5. The van der Waals surface area contributed by atoms with E-state index in [2.05, 4.69) is 22.4 Å². The van der Waals surface area contributed by atoms with Gasteiger partial charge >= 0.3 is 23.9 Å². The predicted octanol–water partition coefficient (Wildman–Crippen LogP) is 0.530.